The Morgan fingerprint density at radius 3 is 2.60 bits per heavy atom. The maximum atomic E-state index is 12.7. The van der Waals surface area contributed by atoms with Gasteiger partial charge in [-0.25, -0.2) is 4.39 Å². The van der Waals surface area contributed by atoms with Crippen LogP contribution in [-0.2, 0) is 0 Å². The van der Waals surface area contributed by atoms with E-state index in [1.807, 2.05) is 24.3 Å². The van der Waals surface area contributed by atoms with Crippen LogP contribution in [0.3, 0.4) is 0 Å². The number of Topliss-reactive ketones (excluding diaryl/α,β-unsaturated/α-hetero) is 1. The molecular formula is C16H14BrFO2. The second-order valence-corrected chi connectivity index (χ2v) is 5.26. The highest BCUT2D eigenvalue weighted by molar-refractivity contribution is 9.10. The zero-order valence-electron chi connectivity index (χ0n) is 10.8. The maximum Gasteiger partial charge on any atom is 0.163 e. The molecule has 0 bridgehead atoms. The third-order valence-corrected chi connectivity index (χ3v) is 3.27. The Bertz CT molecular complexity index is 581. The Morgan fingerprint density at radius 1 is 1.15 bits per heavy atom. The van der Waals surface area contributed by atoms with Crippen molar-refractivity contribution in [3.8, 4) is 5.75 Å². The normalized spacial score (nSPS) is 10.3. The minimum atomic E-state index is -0.334. The van der Waals surface area contributed by atoms with Crippen molar-refractivity contribution in [2.75, 3.05) is 6.61 Å². The van der Waals surface area contributed by atoms with Gasteiger partial charge in [0.1, 0.15) is 11.6 Å². The summed E-state index contributed by atoms with van der Waals surface area (Å²) in [6.07, 6.45) is 1.02. The Kier molecular flexibility index (Phi) is 5.30. The minimum Gasteiger partial charge on any atom is -0.494 e. The smallest absolute Gasteiger partial charge is 0.163 e. The van der Waals surface area contributed by atoms with Gasteiger partial charge in [0.15, 0.2) is 5.78 Å². The maximum absolute atomic E-state index is 12.7. The summed E-state index contributed by atoms with van der Waals surface area (Å²) in [6.45, 7) is 0.476. The second-order valence-electron chi connectivity index (χ2n) is 4.34. The van der Waals surface area contributed by atoms with Crippen LogP contribution in [0.1, 0.15) is 23.2 Å². The molecule has 0 atom stereocenters. The van der Waals surface area contributed by atoms with Crippen LogP contribution in [0.15, 0.2) is 53.0 Å². The van der Waals surface area contributed by atoms with Crippen molar-refractivity contribution in [1.82, 2.24) is 0 Å². The molecule has 104 valence electrons. The lowest BCUT2D eigenvalue weighted by molar-refractivity contribution is 0.0973. The van der Waals surface area contributed by atoms with Crippen LogP contribution in [0, 0.1) is 5.82 Å². The molecule has 2 aromatic carbocycles. The Hall–Kier alpha value is -1.68. The van der Waals surface area contributed by atoms with Gasteiger partial charge in [-0.1, -0.05) is 22.0 Å². The highest BCUT2D eigenvalue weighted by Gasteiger charge is 2.05. The summed E-state index contributed by atoms with van der Waals surface area (Å²) in [5.41, 5.74) is 0.536. The molecule has 0 aliphatic heterocycles. The van der Waals surface area contributed by atoms with Gasteiger partial charge in [0.2, 0.25) is 0 Å². The summed E-state index contributed by atoms with van der Waals surface area (Å²) in [7, 11) is 0. The SMILES string of the molecule is O=C(CCCOc1cccc(Br)c1)c1ccc(F)cc1. The molecule has 2 aromatic rings. The van der Waals surface area contributed by atoms with Crippen LogP contribution in [0.5, 0.6) is 5.75 Å². The zero-order valence-corrected chi connectivity index (χ0v) is 12.4. The van der Waals surface area contributed by atoms with Gasteiger partial charge in [-0.3, -0.25) is 4.79 Å². The summed E-state index contributed by atoms with van der Waals surface area (Å²) < 4.78 is 19.2. The zero-order chi connectivity index (χ0) is 14.4. The monoisotopic (exact) mass is 336 g/mol. The van der Waals surface area contributed by atoms with Crippen LogP contribution in [0.2, 0.25) is 0 Å². The summed E-state index contributed by atoms with van der Waals surface area (Å²) >= 11 is 3.37. The average Bonchev–Trinajstić information content (AvgIpc) is 2.44. The number of hydrogen-bond donors (Lipinski definition) is 0. The molecule has 0 spiro atoms. The van der Waals surface area contributed by atoms with E-state index in [0.717, 1.165) is 10.2 Å². The quantitative estimate of drug-likeness (QED) is 0.567. The van der Waals surface area contributed by atoms with Crippen molar-refractivity contribution in [3.05, 3.63) is 64.4 Å². The molecule has 0 saturated carbocycles. The van der Waals surface area contributed by atoms with E-state index in [9.17, 15) is 9.18 Å². The first-order valence-electron chi connectivity index (χ1n) is 6.32. The first kappa shape index (κ1) is 14.7. The lowest BCUT2D eigenvalue weighted by atomic mass is 10.1. The molecule has 2 nitrogen and oxygen atoms in total. The third kappa shape index (κ3) is 4.46. The molecule has 0 N–H and O–H groups in total. The molecule has 0 aromatic heterocycles. The number of ether oxygens (including phenoxy) is 1. The molecular weight excluding hydrogens is 323 g/mol. The largest absolute Gasteiger partial charge is 0.494 e. The van der Waals surface area contributed by atoms with E-state index in [-0.39, 0.29) is 11.6 Å². The van der Waals surface area contributed by atoms with Crippen molar-refractivity contribution in [2.24, 2.45) is 0 Å². The van der Waals surface area contributed by atoms with Crippen LogP contribution in [0.4, 0.5) is 4.39 Å². The molecule has 0 unspecified atom stereocenters. The fraction of sp³-hybridized carbons (Fsp3) is 0.188. The predicted molar refractivity (Wildman–Crippen MR) is 79.6 cm³/mol. The van der Waals surface area contributed by atoms with Crippen LogP contribution in [0.25, 0.3) is 0 Å². The van der Waals surface area contributed by atoms with Gasteiger partial charge in [-0.15, -0.1) is 0 Å². The van der Waals surface area contributed by atoms with Crippen LogP contribution in [-0.4, -0.2) is 12.4 Å². The summed E-state index contributed by atoms with van der Waals surface area (Å²) in [4.78, 5) is 11.8. The molecule has 0 saturated heterocycles. The van der Waals surface area contributed by atoms with Crippen molar-refractivity contribution < 1.29 is 13.9 Å². The van der Waals surface area contributed by atoms with Crippen LogP contribution < -0.4 is 4.74 Å². The summed E-state index contributed by atoms with van der Waals surface area (Å²) in [5.74, 6) is 0.441. The number of benzene rings is 2. The number of ketones is 1. The van der Waals surface area contributed by atoms with E-state index in [0.29, 0.717) is 25.0 Å². The van der Waals surface area contributed by atoms with Gasteiger partial charge in [0, 0.05) is 16.5 Å². The number of hydrogen-bond acceptors (Lipinski definition) is 2. The van der Waals surface area contributed by atoms with Crippen LogP contribution >= 0.6 is 15.9 Å². The molecule has 0 aliphatic rings. The fourth-order valence-electron chi connectivity index (χ4n) is 1.76. The molecule has 0 aliphatic carbocycles. The van der Waals surface area contributed by atoms with Crippen molar-refractivity contribution >= 4 is 21.7 Å². The summed E-state index contributed by atoms with van der Waals surface area (Å²) in [6, 6.07) is 13.2. The lowest BCUT2D eigenvalue weighted by Gasteiger charge is -2.06. The van der Waals surface area contributed by atoms with Gasteiger partial charge in [0.25, 0.3) is 0 Å². The van der Waals surface area contributed by atoms with E-state index in [1.165, 1.54) is 24.3 Å². The lowest BCUT2D eigenvalue weighted by Crippen LogP contribution is -2.04. The number of rotatable bonds is 6. The topological polar surface area (TPSA) is 26.3 Å². The predicted octanol–water partition coefficient (Wildman–Crippen LogP) is 4.63. The molecule has 4 heteroatoms. The minimum absolute atomic E-state index is 0.00263. The molecule has 0 heterocycles. The Balaban J connectivity index is 1.76. The van der Waals surface area contributed by atoms with Crippen molar-refractivity contribution in [2.45, 2.75) is 12.8 Å². The number of carbonyl (C=O) groups excluding carboxylic acids is 1. The average molecular weight is 337 g/mol. The van der Waals surface area contributed by atoms with Crippen molar-refractivity contribution in [1.29, 1.82) is 0 Å². The first-order valence-corrected chi connectivity index (χ1v) is 7.11. The van der Waals surface area contributed by atoms with Gasteiger partial charge >= 0.3 is 0 Å². The molecule has 20 heavy (non-hydrogen) atoms. The first-order chi connectivity index (χ1) is 9.65. The van der Waals surface area contributed by atoms with Gasteiger partial charge < -0.3 is 4.74 Å². The molecule has 0 radical (unpaired) electrons. The highest BCUT2D eigenvalue weighted by atomic mass is 79.9. The van der Waals surface area contributed by atoms with Gasteiger partial charge in [0.05, 0.1) is 6.61 Å². The number of halogens is 2. The molecule has 2 rings (SSSR count). The van der Waals surface area contributed by atoms with Crippen molar-refractivity contribution in [3.63, 3.8) is 0 Å². The molecule has 0 fully saturated rings. The van der Waals surface area contributed by atoms with E-state index >= 15 is 0 Å². The van der Waals surface area contributed by atoms with E-state index in [2.05, 4.69) is 15.9 Å². The van der Waals surface area contributed by atoms with E-state index in [1.54, 1.807) is 0 Å². The Morgan fingerprint density at radius 2 is 1.90 bits per heavy atom. The van der Waals surface area contributed by atoms with Gasteiger partial charge in [-0.05, 0) is 48.9 Å². The highest BCUT2D eigenvalue weighted by Crippen LogP contribution is 2.18. The van der Waals surface area contributed by atoms with E-state index < -0.39 is 0 Å². The standard InChI is InChI=1S/C16H14BrFO2/c17-13-3-1-4-15(11-13)20-10-2-5-16(19)12-6-8-14(18)9-7-12/h1,3-4,6-9,11H,2,5,10H2. The third-order valence-electron chi connectivity index (χ3n) is 2.78. The fourth-order valence-corrected chi connectivity index (χ4v) is 2.14. The number of carbonyl (C=O) groups is 1. The molecule has 0 amide bonds. The summed E-state index contributed by atoms with van der Waals surface area (Å²) in [5, 5.41) is 0. The Labute approximate surface area is 125 Å². The van der Waals surface area contributed by atoms with E-state index in [4.69, 9.17) is 4.74 Å². The second kappa shape index (κ2) is 7.20. The van der Waals surface area contributed by atoms with Gasteiger partial charge in [-0.2, -0.15) is 0 Å².